The first-order chi connectivity index (χ1) is 13.9. The highest BCUT2D eigenvalue weighted by Crippen LogP contribution is 2.18. The Labute approximate surface area is 167 Å². The van der Waals surface area contributed by atoms with Gasteiger partial charge in [-0.05, 0) is 48.7 Å². The van der Waals surface area contributed by atoms with Crippen molar-refractivity contribution >= 4 is 11.9 Å². The Kier molecular flexibility index (Phi) is 8.56. The van der Waals surface area contributed by atoms with Gasteiger partial charge in [-0.15, -0.1) is 0 Å². The monoisotopic (exact) mass is 404 g/mol. The van der Waals surface area contributed by atoms with Gasteiger partial charge in [-0.1, -0.05) is 17.7 Å². The van der Waals surface area contributed by atoms with Crippen molar-refractivity contribution in [3.63, 3.8) is 0 Å². The van der Waals surface area contributed by atoms with Gasteiger partial charge in [0, 0.05) is 13.1 Å². The van der Waals surface area contributed by atoms with Crippen LogP contribution in [0.25, 0.3) is 0 Å². The largest absolute Gasteiger partial charge is 0.508 e. The second-order valence-electron chi connectivity index (χ2n) is 6.37. The molecule has 156 valence electrons. The molecule has 0 aliphatic heterocycles. The van der Waals surface area contributed by atoms with E-state index in [1.54, 1.807) is 19.1 Å². The lowest BCUT2D eigenvalue weighted by Crippen LogP contribution is -2.28. The highest BCUT2D eigenvalue weighted by molar-refractivity contribution is 6.04. The van der Waals surface area contributed by atoms with Crippen LogP contribution in [0.15, 0.2) is 36.4 Å². The minimum atomic E-state index is -1.14. The highest BCUT2D eigenvalue weighted by atomic mass is 17.1. The standard InChI is InChI=1S/C20H24N2O7/c1-13-3-6-17(18(9-13)20(25)26)19(24)21-7-2-8-22-28-11-14-4-5-16(23)10-15(14)12-29-27/h3-6,9-10,22-23,27H,2,7-8,11-12H2,1H3,(H,21,24)(H,25,26). The lowest BCUT2D eigenvalue weighted by Gasteiger charge is -2.11. The van der Waals surface area contributed by atoms with E-state index in [2.05, 4.69) is 15.7 Å². The van der Waals surface area contributed by atoms with Gasteiger partial charge in [0.05, 0.1) is 17.7 Å². The molecule has 0 saturated heterocycles. The number of phenols is 1. The first kappa shape index (κ1) is 22.3. The smallest absolute Gasteiger partial charge is 0.336 e. The van der Waals surface area contributed by atoms with E-state index in [0.717, 1.165) is 11.1 Å². The van der Waals surface area contributed by atoms with E-state index in [0.29, 0.717) is 25.1 Å². The number of phenolic OH excluding ortho intramolecular Hbond substituents is 1. The molecule has 0 heterocycles. The first-order valence-electron chi connectivity index (χ1n) is 8.96. The fraction of sp³-hybridized carbons (Fsp3) is 0.300. The number of carbonyl (C=O) groups excluding carboxylic acids is 1. The Morgan fingerprint density at radius 3 is 2.52 bits per heavy atom. The summed E-state index contributed by atoms with van der Waals surface area (Å²) >= 11 is 0. The van der Waals surface area contributed by atoms with E-state index < -0.39 is 11.9 Å². The number of carbonyl (C=O) groups is 2. The molecule has 0 unspecified atom stereocenters. The Morgan fingerprint density at radius 2 is 1.79 bits per heavy atom. The van der Waals surface area contributed by atoms with Crippen molar-refractivity contribution in [1.82, 2.24) is 10.8 Å². The molecule has 2 aromatic carbocycles. The van der Waals surface area contributed by atoms with E-state index in [-0.39, 0.29) is 30.1 Å². The zero-order valence-corrected chi connectivity index (χ0v) is 16.0. The summed E-state index contributed by atoms with van der Waals surface area (Å²) in [5.41, 5.74) is 4.95. The molecule has 0 spiro atoms. The molecule has 5 N–H and O–H groups in total. The van der Waals surface area contributed by atoms with E-state index in [1.165, 1.54) is 24.3 Å². The van der Waals surface area contributed by atoms with Crippen molar-refractivity contribution in [3.05, 3.63) is 64.2 Å². The molecule has 2 rings (SSSR count). The maximum Gasteiger partial charge on any atom is 0.336 e. The lowest BCUT2D eigenvalue weighted by atomic mass is 10.0. The van der Waals surface area contributed by atoms with Crippen LogP contribution < -0.4 is 10.8 Å². The van der Waals surface area contributed by atoms with Gasteiger partial charge >= 0.3 is 5.97 Å². The molecular formula is C20H24N2O7. The van der Waals surface area contributed by atoms with E-state index in [1.807, 2.05) is 0 Å². The third kappa shape index (κ3) is 6.84. The summed E-state index contributed by atoms with van der Waals surface area (Å²) in [7, 11) is 0. The van der Waals surface area contributed by atoms with Crippen LogP contribution in [0.3, 0.4) is 0 Å². The van der Waals surface area contributed by atoms with Gasteiger partial charge < -0.3 is 15.5 Å². The molecule has 0 radical (unpaired) electrons. The topological polar surface area (TPSA) is 137 Å². The predicted octanol–water partition coefficient (Wildman–Crippen LogP) is 2.23. The highest BCUT2D eigenvalue weighted by Gasteiger charge is 2.16. The van der Waals surface area contributed by atoms with Gasteiger partial charge in [0.15, 0.2) is 0 Å². The van der Waals surface area contributed by atoms with Crippen LogP contribution in [0.1, 0.15) is 43.8 Å². The molecule has 9 nitrogen and oxygen atoms in total. The molecule has 2 aromatic rings. The van der Waals surface area contributed by atoms with Crippen molar-refractivity contribution < 1.29 is 34.8 Å². The maximum absolute atomic E-state index is 12.2. The molecular weight excluding hydrogens is 380 g/mol. The molecule has 0 aliphatic carbocycles. The van der Waals surface area contributed by atoms with Crippen molar-refractivity contribution in [3.8, 4) is 5.75 Å². The van der Waals surface area contributed by atoms with Crippen LogP contribution in [-0.4, -0.2) is 40.4 Å². The van der Waals surface area contributed by atoms with Crippen LogP contribution in [0.2, 0.25) is 0 Å². The summed E-state index contributed by atoms with van der Waals surface area (Å²) in [6, 6.07) is 9.29. The zero-order valence-electron chi connectivity index (χ0n) is 16.0. The molecule has 0 aromatic heterocycles. The number of benzene rings is 2. The average Bonchev–Trinajstić information content (AvgIpc) is 2.68. The summed E-state index contributed by atoms with van der Waals surface area (Å²) in [4.78, 5) is 32.9. The zero-order chi connectivity index (χ0) is 21.2. The van der Waals surface area contributed by atoms with Crippen molar-refractivity contribution in [2.75, 3.05) is 13.1 Å². The first-order valence-corrected chi connectivity index (χ1v) is 8.96. The molecule has 0 fully saturated rings. The molecule has 0 atom stereocenters. The Hall–Kier alpha value is -2.98. The third-order valence-corrected chi connectivity index (χ3v) is 4.13. The Morgan fingerprint density at radius 1 is 1.00 bits per heavy atom. The number of aromatic hydroxyl groups is 1. The molecule has 9 heteroatoms. The number of rotatable bonds is 11. The maximum atomic E-state index is 12.2. The van der Waals surface area contributed by atoms with Crippen LogP contribution in [0.4, 0.5) is 0 Å². The van der Waals surface area contributed by atoms with Gasteiger partial charge in [0.2, 0.25) is 0 Å². The summed E-state index contributed by atoms with van der Waals surface area (Å²) < 4.78 is 0. The van der Waals surface area contributed by atoms with Crippen molar-refractivity contribution in [2.24, 2.45) is 0 Å². The lowest BCUT2D eigenvalue weighted by molar-refractivity contribution is -0.253. The van der Waals surface area contributed by atoms with E-state index in [9.17, 15) is 19.8 Å². The number of hydrogen-bond acceptors (Lipinski definition) is 7. The van der Waals surface area contributed by atoms with Crippen molar-refractivity contribution in [2.45, 2.75) is 26.6 Å². The minimum Gasteiger partial charge on any atom is -0.508 e. The van der Waals surface area contributed by atoms with Gasteiger partial charge in [0.1, 0.15) is 12.4 Å². The van der Waals surface area contributed by atoms with E-state index in [4.69, 9.17) is 10.1 Å². The summed E-state index contributed by atoms with van der Waals surface area (Å²) in [5, 5.41) is 30.0. The molecule has 0 aliphatic rings. The Balaban J connectivity index is 1.72. The second-order valence-corrected chi connectivity index (χ2v) is 6.37. The second kappa shape index (κ2) is 11.1. The van der Waals surface area contributed by atoms with Gasteiger partial charge in [-0.2, -0.15) is 0 Å². The Bertz CT molecular complexity index is 855. The predicted molar refractivity (Wildman–Crippen MR) is 103 cm³/mol. The van der Waals surface area contributed by atoms with Crippen LogP contribution in [0.5, 0.6) is 5.75 Å². The third-order valence-electron chi connectivity index (χ3n) is 4.13. The number of hydroxylamine groups is 1. The van der Waals surface area contributed by atoms with Crippen molar-refractivity contribution in [1.29, 1.82) is 0 Å². The summed E-state index contributed by atoms with van der Waals surface area (Å²) in [6.07, 6.45) is 0.558. The van der Waals surface area contributed by atoms with E-state index >= 15 is 0 Å². The van der Waals surface area contributed by atoms with Crippen LogP contribution in [0, 0.1) is 6.92 Å². The number of carboxylic acids is 1. The molecule has 0 saturated carbocycles. The van der Waals surface area contributed by atoms with Gasteiger partial charge in [-0.3, -0.25) is 14.9 Å². The molecule has 1 amide bonds. The average molecular weight is 404 g/mol. The van der Waals surface area contributed by atoms with Crippen LogP contribution >= 0.6 is 0 Å². The van der Waals surface area contributed by atoms with Gasteiger partial charge in [0.25, 0.3) is 5.91 Å². The number of aromatic carboxylic acids is 1. The number of nitrogens with one attached hydrogen (secondary N) is 2. The molecule has 0 bridgehead atoms. The number of carboxylic acid groups (broad SMARTS) is 1. The number of hydrogen-bond donors (Lipinski definition) is 5. The van der Waals surface area contributed by atoms with Crippen LogP contribution in [-0.2, 0) is 22.9 Å². The summed E-state index contributed by atoms with van der Waals surface area (Å²) in [6.45, 7) is 2.67. The fourth-order valence-corrected chi connectivity index (χ4v) is 2.65. The van der Waals surface area contributed by atoms with Gasteiger partial charge in [-0.25, -0.2) is 15.2 Å². The normalized spacial score (nSPS) is 10.7. The summed E-state index contributed by atoms with van der Waals surface area (Å²) in [5.74, 6) is -1.53. The SMILES string of the molecule is Cc1ccc(C(=O)NCCCNOCc2ccc(O)cc2COO)c(C(=O)O)c1. The minimum absolute atomic E-state index is 0.0273. The number of aryl methyl sites for hydroxylation is 1. The number of amides is 1. The molecule has 29 heavy (non-hydrogen) atoms. The fourth-order valence-electron chi connectivity index (χ4n) is 2.65. The quantitative estimate of drug-likeness (QED) is 0.218.